The number of hydrogen-bond acceptors (Lipinski definition) is 2. The summed E-state index contributed by atoms with van der Waals surface area (Å²) < 4.78 is 12.8. The van der Waals surface area contributed by atoms with Crippen molar-refractivity contribution in [2.45, 2.75) is 19.4 Å². The normalized spacial score (nSPS) is 11.7. The predicted molar refractivity (Wildman–Crippen MR) is 82.6 cm³/mol. The van der Waals surface area contributed by atoms with Crippen molar-refractivity contribution in [1.82, 2.24) is 5.32 Å². The summed E-state index contributed by atoms with van der Waals surface area (Å²) in [4.78, 5) is 11.9. The van der Waals surface area contributed by atoms with Gasteiger partial charge in [0.1, 0.15) is 5.82 Å². The summed E-state index contributed by atoms with van der Waals surface area (Å²) in [7, 11) is 0. The Morgan fingerprint density at radius 3 is 2.62 bits per heavy atom. The van der Waals surface area contributed by atoms with E-state index >= 15 is 0 Å². The number of urea groups is 1. The van der Waals surface area contributed by atoms with Gasteiger partial charge in [0.25, 0.3) is 0 Å². The van der Waals surface area contributed by atoms with Gasteiger partial charge in [0, 0.05) is 17.4 Å². The maximum absolute atomic E-state index is 12.8. The second kappa shape index (κ2) is 6.74. The van der Waals surface area contributed by atoms with E-state index < -0.39 is 0 Å². The lowest BCUT2D eigenvalue weighted by Gasteiger charge is -2.15. The predicted octanol–water partition coefficient (Wildman–Crippen LogP) is 3.16. The van der Waals surface area contributed by atoms with Crippen LogP contribution >= 0.6 is 0 Å². The van der Waals surface area contributed by atoms with Gasteiger partial charge >= 0.3 is 6.03 Å². The van der Waals surface area contributed by atoms with Crippen LogP contribution in [-0.4, -0.2) is 12.1 Å². The van der Waals surface area contributed by atoms with Crippen LogP contribution in [0.1, 0.15) is 12.5 Å². The zero-order chi connectivity index (χ0) is 15.2. The molecule has 1 atom stereocenters. The third-order valence-electron chi connectivity index (χ3n) is 2.98. The Kier molecular flexibility index (Phi) is 4.77. The molecule has 0 spiro atoms. The largest absolute Gasteiger partial charge is 0.399 e. The number of rotatable bonds is 4. The van der Waals surface area contributed by atoms with E-state index in [1.165, 1.54) is 12.1 Å². The first kappa shape index (κ1) is 14.8. The number of halogens is 1. The third-order valence-corrected chi connectivity index (χ3v) is 2.98. The molecule has 0 radical (unpaired) electrons. The topological polar surface area (TPSA) is 67.2 Å². The lowest BCUT2D eigenvalue weighted by atomic mass is 10.1. The van der Waals surface area contributed by atoms with E-state index in [2.05, 4.69) is 10.6 Å². The number of amides is 2. The van der Waals surface area contributed by atoms with Gasteiger partial charge in [-0.3, -0.25) is 0 Å². The molecule has 21 heavy (non-hydrogen) atoms. The van der Waals surface area contributed by atoms with Gasteiger partial charge in [-0.15, -0.1) is 0 Å². The number of carbonyl (C=O) groups excluding carboxylic acids is 1. The highest BCUT2D eigenvalue weighted by Gasteiger charge is 2.08. The van der Waals surface area contributed by atoms with Crippen LogP contribution in [0.2, 0.25) is 0 Å². The van der Waals surface area contributed by atoms with E-state index in [-0.39, 0.29) is 17.9 Å². The van der Waals surface area contributed by atoms with Crippen molar-refractivity contribution in [2.75, 3.05) is 11.1 Å². The Hall–Kier alpha value is -2.56. The van der Waals surface area contributed by atoms with E-state index in [0.29, 0.717) is 17.8 Å². The first-order valence-corrected chi connectivity index (χ1v) is 6.70. The molecule has 110 valence electrons. The summed E-state index contributed by atoms with van der Waals surface area (Å²) >= 11 is 0. The quantitative estimate of drug-likeness (QED) is 0.756. The molecular formula is C16H18FN3O. The van der Waals surface area contributed by atoms with Crippen LogP contribution in [0.15, 0.2) is 48.5 Å². The zero-order valence-electron chi connectivity index (χ0n) is 11.8. The van der Waals surface area contributed by atoms with Gasteiger partial charge in [-0.1, -0.05) is 18.2 Å². The van der Waals surface area contributed by atoms with E-state index in [4.69, 9.17) is 5.73 Å². The summed E-state index contributed by atoms with van der Waals surface area (Å²) in [5.74, 6) is -0.265. The van der Waals surface area contributed by atoms with Crippen molar-refractivity contribution in [3.8, 4) is 0 Å². The molecule has 2 rings (SSSR count). The maximum atomic E-state index is 12.8. The number of hydrogen-bond donors (Lipinski definition) is 3. The molecular weight excluding hydrogens is 269 g/mol. The molecule has 5 heteroatoms. The second-order valence-corrected chi connectivity index (χ2v) is 4.96. The number of anilines is 2. The van der Waals surface area contributed by atoms with E-state index in [0.717, 1.165) is 5.56 Å². The highest BCUT2D eigenvalue weighted by molar-refractivity contribution is 5.89. The van der Waals surface area contributed by atoms with Crippen LogP contribution in [-0.2, 0) is 6.42 Å². The number of benzene rings is 2. The van der Waals surface area contributed by atoms with Crippen molar-refractivity contribution in [2.24, 2.45) is 0 Å². The average Bonchev–Trinajstić information content (AvgIpc) is 2.41. The Labute approximate surface area is 123 Å². The number of nitrogens with two attached hydrogens (primary N) is 1. The van der Waals surface area contributed by atoms with Gasteiger partial charge in [-0.25, -0.2) is 9.18 Å². The number of carbonyl (C=O) groups is 1. The second-order valence-electron chi connectivity index (χ2n) is 4.96. The molecule has 0 aromatic heterocycles. The first-order chi connectivity index (χ1) is 10.0. The molecule has 2 aromatic rings. The van der Waals surface area contributed by atoms with Crippen molar-refractivity contribution in [3.05, 3.63) is 59.9 Å². The van der Waals surface area contributed by atoms with E-state index in [9.17, 15) is 9.18 Å². The van der Waals surface area contributed by atoms with Crippen molar-refractivity contribution in [1.29, 1.82) is 0 Å². The maximum Gasteiger partial charge on any atom is 0.319 e. The Morgan fingerprint density at radius 1 is 1.24 bits per heavy atom. The number of nitrogen functional groups attached to an aromatic ring is 1. The van der Waals surface area contributed by atoms with Crippen LogP contribution < -0.4 is 16.4 Å². The molecule has 0 fully saturated rings. The minimum Gasteiger partial charge on any atom is -0.399 e. The Balaban J connectivity index is 1.86. The van der Waals surface area contributed by atoms with Gasteiger partial charge in [0.15, 0.2) is 0 Å². The Morgan fingerprint density at radius 2 is 1.95 bits per heavy atom. The van der Waals surface area contributed by atoms with E-state index in [1.54, 1.807) is 36.4 Å². The molecule has 2 amide bonds. The summed E-state index contributed by atoms with van der Waals surface area (Å²) in [6.45, 7) is 1.89. The van der Waals surface area contributed by atoms with Crippen molar-refractivity contribution in [3.63, 3.8) is 0 Å². The molecule has 4 N–H and O–H groups in total. The number of nitrogens with one attached hydrogen (secondary N) is 2. The molecule has 2 aromatic carbocycles. The van der Waals surface area contributed by atoms with Crippen LogP contribution in [0.25, 0.3) is 0 Å². The highest BCUT2D eigenvalue weighted by Crippen LogP contribution is 2.11. The van der Waals surface area contributed by atoms with Crippen LogP contribution in [0.3, 0.4) is 0 Å². The lowest BCUT2D eigenvalue weighted by molar-refractivity contribution is 0.249. The molecule has 0 saturated heterocycles. The summed E-state index contributed by atoms with van der Waals surface area (Å²) in [5, 5.41) is 5.54. The SMILES string of the molecule is CC(Cc1ccc(F)cc1)NC(=O)Nc1cccc(N)c1. The first-order valence-electron chi connectivity index (χ1n) is 6.70. The standard InChI is InChI=1S/C16H18FN3O/c1-11(9-12-5-7-13(17)8-6-12)19-16(21)20-15-4-2-3-14(18)10-15/h2-8,10-11H,9,18H2,1H3,(H2,19,20,21). The zero-order valence-corrected chi connectivity index (χ0v) is 11.8. The lowest BCUT2D eigenvalue weighted by Crippen LogP contribution is -2.37. The minimum absolute atomic E-state index is 0.0727. The third kappa shape index (κ3) is 4.80. The highest BCUT2D eigenvalue weighted by atomic mass is 19.1. The molecule has 1 unspecified atom stereocenters. The van der Waals surface area contributed by atoms with E-state index in [1.807, 2.05) is 6.92 Å². The average molecular weight is 287 g/mol. The van der Waals surface area contributed by atoms with Crippen molar-refractivity contribution < 1.29 is 9.18 Å². The fourth-order valence-corrected chi connectivity index (χ4v) is 2.03. The van der Waals surface area contributed by atoms with Crippen molar-refractivity contribution >= 4 is 17.4 Å². The van der Waals surface area contributed by atoms with Crippen LogP contribution in [0.5, 0.6) is 0 Å². The molecule has 0 aliphatic rings. The smallest absolute Gasteiger partial charge is 0.319 e. The van der Waals surface area contributed by atoms with Gasteiger partial charge in [-0.2, -0.15) is 0 Å². The molecule has 0 saturated carbocycles. The molecule has 0 bridgehead atoms. The van der Waals surface area contributed by atoms with Crippen LogP contribution in [0, 0.1) is 5.82 Å². The van der Waals surface area contributed by atoms with Gasteiger partial charge in [0.2, 0.25) is 0 Å². The van der Waals surface area contributed by atoms with Crippen LogP contribution in [0.4, 0.5) is 20.6 Å². The summed E-state index contributed by atoms with van der Waals surface area (Å²) in [6, 6.07) is 12.8. The minimum atomic E-state index is -0.296. The van der Waals surface area contributed by atoms with Gasteiger partial charge in [0.05, 0.1) is 0 Å². The molecule has 0 heterocycles. The summed E-state index contributed by atoms with van der Waals surface area (Å²) in [5.41, 5.74) is 7.84. The summed E-state index contributed by atoms with van der Waals surface area (Å²) in [6.07, 6.45) is 0.630. The fourth-order valence-electron chi connectivity index (χ4n) is 2.03. The molecule has 0 aliphatic carbocycles. The molecule has 0 aliphatic heterocycles. The molecule has 4 nitrogen and oxygen atoms in total. The Bertz CT molecular complexity index is 613. The van der Waals surface area contributed by atoms with Gasteiger partial charge < -0.3 is 16.4 Å². The fraction of sp³-hybridized carbons (Fsp3) is 0.188. The monoisotopic (exact) mass is 287 g/mol. The van der Waals surface area contributed by atoms with Gasteiger partial charge in [-0.05, 0) is 49.2 Å².